The molecule has 3 aromatic carbocycles. The third-order valence-corrected chi connectivity index (χ3v) is 3.97. The number of carboxylic acids is 1. The van der Waals surface area contributed by atoms with Crippen LogP contribution in [-0.2, 0) is 0 Å². The van der Waals surface area contributed by atoms with E-state index in [-0.39, 0.29) is 11.3 Å². The first-order valence-electron chi connectivity index (χ1n) is 7.16. The van der Waals surface area contributed by atoms with Crippen LogP contribution in [0.1, 0.15) is 15.9 Å². The van der Waals surface area contributed by atoms with E-state index in [2.05, 4.69) is 22.9 Å². The van der Waals surface area contributed by atoms with Crippen LogP contribution < -0.4 is 0 Å². The van der Waals surface area contributed by atoms with Crippen molar-refractivity contribution in [1.29, 1.82) is 0 Å². The number of azo groups is 1. The molecule has 6 heteroatoms. The first-order valence-corrected chi connectivity index (χ1v) is 7.61. The van der Waals surface area contributed by atoms with Crippen LogP contribution in [0, 0.1) is 6.92 Å². The number of rotatable bonds is 3. The third kappa shape index (κ3) is 2.96. The fourth-order valence-corrected chi connectivity index (χ4v) is 2.73. The molecule has 2 N–H and O–H groups in total. The molecule has 24 heavy (non-hydrogen) atoms. The minimum Gasteiger partial charge on any atom is -0.505 e. The Kier molecular flexibility index (Phi) is 4.22. The summed E-state index contributed by atoms with van der Waals surface area (Å²) in [6, 6.07) is 14.0. The number of hydrogen-bond donors (Lipinski definition) is 3. The van der Waals surface area contributed by atoms with E-state index in [1.807, 2.05) is 19.1 Å². The van der Waals surface area contributed by atoms with Gasteiger partial charge in [0, 0.05) is 10.3 Å². The minimum atomic E-state index is -1.22. The second-order valence-electron chi connectivity index (χ2n) is 5.34. The number of aromatic carboxylic acids is 1. The lowest BCUT2D eigenvalue weighted by atomic mass is 10.0. The molecule has 0 amide bonds. The van der Waals surface area contributed by atoms with E-state index in [0.29, 0.717) is 21.4 Å². The summed E-state index contributed by atoms with van der Waals surface area (Å²) in [5, 5.41) is 29.1. The molecule has 0 aromatic heterocycles. The molecule has 0 spiro atoms. The number of carboxylic acid groups (broad SMARTS) is 1. The van der Waals surface area contributed by atoms with Gasteiger partial charge in [0.25, 0.3) is 0 Å². The Balaban J connectivity index is 2.19. The van der Waals surface area contributed by atoms with Crippen LogP contribution in [0.5, 0.6) is 5.75 Å². The van der Waals surface area contributed by atoms with Crippen molar-refractivity contribution in [2.75, 3.05) is 0 Å². The van der Waals surface area contributed by atoms with Gasteiger partial charge in [-0.1, -0.05) is 30.3 Å². The fraction of sp³-hybridized carbons (Fsp3) is 0.0556. The van der Waals surface area contributed by atoms with Gasteiger partial charge < -0.3 is 10.2 Å². The summed E-state index contributed by atoms with van der Waals surface area (Å²) in [7, 11) is 0. The van der Waals surface area contributed by atoms with Crippen molar-refractivity contribution >= 4 is 40.7 Å². The highest BCUT2D eigenvalue weighted by Crippen LogP contribution is 2.39. The summed E-state index contributed by atoms with van der Waals surface area (Å²) in [4.78, 5) is 12.0. The molecule has 3 aromatic rings. The molecule has 3 rings (SSSR count). The Morgan fingerprint density at radius 3 is 2.54 bits per heavy atom. The van der Waals surface area contributed by atoms with E-state index in [1.54, 1.807) is 30.3 Å². The van der Waals surface area contributed by atoms with Crippen LogP contribution in [0.2, 0.25) is 0 Å². The Morgan fingerprint density at radius 2 is 1.83 bits per heavy atom. The van der Waals surface area contributed by atoms with Gasteiger partial charge in [-0.15, -0.1) is 22.9 Å². The number of benzene rings is 3. The molecule has 5 nitrogen and oxygen atoms in total. The van der Waals surface area contributed by atoms with Crippen molar-refractivity contribution in [2.45, 2.75) is 11.8 Å². The predicted octanol–water partition coefficient (Wildman–Crippen LogP) is 5.26. The normalized spacial score (nSPS) is 11.2. The van der Waals surface area contributed by atoms with Crippen molar-refractivity contribution in [2.24, 2.45) is 10.2 Å². The molecule has 0 aliphatic rings. The van der Waals surface area contributed by atoms with Crippen LogP contribution in [0.4, 0.5) is 11.4 Å². The number of hydrogen-bond acceptors (Lipinski definition) is 5. The van der Waals surface area contributed by atoms with Gasteiger partial charge in [-0.25, -0.2) is 4.79 Å². The summed E-state index contributed by atoms with van der Waals surface area (Å²) in [5.41, 5.74) is 1.49. The topological polar surface area (TPSA) is 82.2 Å². The molecule has 0 fully saturated rings. The lowest BCUT2D eigenvalue weighted by molar-refractivity contribution is 0.0694. The SMILES string of the molecule is Cc1ccc(N=Nc2c(O)c(C(=O)O)cc3ccccc23)c(S)c1. The van der Waals surface area contributed by atoms with Gasteiger partial charge in [0.2, 0.25) is 0 Å². The van der Waals surface area contributed by atoms with E-state index < -0.39 is 11.7 Å². The summed E-state index contributed by atoms with van der Waals surface area (Å²) < 4.78 is 0. The number of aromatic hydroxyl groups is 1. The smallest absolute Gasteiger partial charge is 0.339 e. The van der Waals surface area contributed by atoms with Gasteiger partial charge >= 0.3 is 5.97 Å². The average molecular weight is 338 g/mol. The van der Waals surface area contributed by atoms with Gasteiger partial charge in [-0.05, 0) is 36.1 Å². The molecule has 0 heterocycles. The van der Waals surface area contributed by atoms with Crippen molar-refractivity contribution in [1.82, 2.24) is 0 Å². The number of phenols is 1. The quantitative estimate of drug-likeness (QED) is 0.450. The Labute approximate surface area is 143 Å². The predicted molar refractivity (Wildman–Crippen MR) is 95.2 cm³/mol. The number of nitrogens with zero attached hydrogens (tertiary/aromatic N) is 2. The van der Waals surface area contributed by atoms with Gasteiger partial charge in [-0.3, -0.25) is 0 Å². The molecular weight excluding hydrogens is 324 g/mol. The average Bonchev–Trinajstić information content (AvgIpc) is 2.55. The molecule has 0 atom stereocenters. The highest BCUT2D eigenvalue weighted by atomic mass is 32.1. The van der Waals surface area contributed by atoms with Crippen LogP contribution in [-0.4, -0.2) is 16.2 Å². The number of aryl methyl sites for hydroxylation is 1. The van der Waals surface area contributed by atoms with Crippen molar-refractivity contribution in [3.05, 3.63) is 59.7 Å². The summed E-state index contributed by atoms with van der Waals surface area (Å²) in [6.07, 6.45) is 0. The molecule has 0 unspecified atom stereocenters. The molecule has 0 saturated carbocycles. The molecule has 0 aliphatic heterocycles. The minimum absolute atomic E-state index is 0.124. The summed E-state index contributed by atoms with van der Waals surface area (Å²) >= 11 is 4.36. The van der Waals surface area contributed by atoms with Gasteiger partial charge in [-0.2, -0.15) is 0 Å². The molecular formula is C18H14N2O3S. The number of thiol groups is 1. The number of carbonyl (C=O) groups is 1. The monoisotopic (exact) mass is 338 g/mol. The zero-order chi connectivity index (χ0) is 17.3. The lowest BCUT2D eigenvalue weighted by Gasteiger charge is -2.07. The first-order chi connectivity index (χ1) is 11.5. The van der Waals surface area contributed by atoms with Crippen molar-refractivity contribution < 1.29 is 15.0 Å². The van der Waals surface area contributed by atoms with Gasteiger partial charge in [0.05, 0.1) is 5.69 Å². The maximum absolute atomic E-state index is 11.3. The summed E-state index contributed by atoms with van der Waals surface area (Å²) in [5.74, 6) is -1.63. The highest BCUT2D eigenvalue weighted by Gasteiger charge is 2.17. The van der Waals surface area contributed by atoms with Gasteiger partial charge in [0.1, 0.15) is 11.3 Å². The zero-order valence-electron chi connectivity index (χ0n) is 12.8. The van der Waals surface area contributed by atoms with Crippen LogP contribution in [0.15, 0.2) is 63.7 Å². The Hall–Kier alpha value is -2.86. The van der Waals surface area contributed by atoms with Crippen LogP contribution in [0.3, 0.4) is 0 Å². The Morgan fingerprint density at radius 1 is 1.08 bits per heavy atom. The molecule has 120 valence electrons. The highest BCUT2D eigenvalue weighted by molar-refractivity contribution is 7.80. The van der Waals surface area contributed by atoms with E-state index in [9.17, 15) is 15.0 Å². The van der Waals surface area contributed by atoms with E-state index in [0.717, 1.165) is 5.56 Å². The maximum atomic E-state index is 11.3. The first kappa shape index (κ1) is 16.0. The molecule has 0 saturated heterocycles. The van der Waals surface area contributed by atoms with E-state index in [4.69, 9.17) is 0 Å². The second kappa shape index (κ2) is 6.33. The number of fused-ring (bicyclic) bond motifs is 1. The van der Waals surface area contributed by atoms with Crippen molar-refractivity contribution in [3.8, 4) is 5.75 Å². The summed E-state index contributed by atoms with van der Waals surface area (Å²) in [6.45, 7) is 1.94. The molecule has 0 radical (unpaired) electrons. The molecule has 0 aliphatic carbocycles. The van der Waals surface area contributed by atoms with Gasteiger partial charge in [0.15, 0.2) is 5.75 Å². The van der Waals surface area contributed by atoms with Crippen LogP contribution in [0.25, 0.3) is 10.8 Å². The lowest BCUT2D eigenvalue weighted by Crippen LogP contribution is -1.97. The van der Waals surface area contributed by atoms with E-state index >= 15 is 0 Å². The molecule has 0 bridgehead atoms. The maximum Gasteiger partial charge on any atom is 0.339 e. The third-order valence-electron chi connectivity index (χ3n) is 3.61. The van der Waals surface area contributed by atoms with E-state index in [1.165, 1.54) is 6.07 Å². The second-order valence-corrected chi connectivity index (χ2v) is 5.82. The fourth-order valence-electron chi connectivity index (χ4n) is 2.40. The van der Waals surface area contributed by atoms with Crippen LogP contribution >= 0.6 is 12.6 Å². The standard InChI is InChI=1S/C18H14N2O3S/c1-10-6-7-14(15(24)8-10)19-20-16-12-5-3-2-4-11(12)9-13(17(16)21)18(22)23/h2-9,21,24H,1H3,(H,22,23). The largest absolute Gasteiger partial charge is 0.505 e. The zero-order valence-corrected chi connectivity index (χ0v) is 13.7. The van der Waals surface area contributed by atoms with Crippen molar-refractivity contribution in [3.63, 3.8) is 0 Å². The Bertz CT molecular complexity index is 983.